The second-order valence-corrected chi connectivity index (χ2v) is 5.05. The van der Waals surface area contributed by atoms with Gasteiger partial charge in [-0.15, -0.1) is 0 Å². The number of ether oxygens (including phenoxy) is 1. The summed E-state index contributed by atoms with van der Waals surface area (Å²) in [7, 11) is 0. The Morgan fingerprint density at radius 1 is 1.69 bits per heavy atom. The lowest BCUT2D eigenvalue weighted by Crippen LogP contribution is -2.23. The zero-order chi connectivity index (χ0) is 11.8. The van der Waals surface area contributed by atoms with Gasteiger partial charge >= 0.3 is 0 Å². The highest BCUT2D eigenvalue weighted by Gasteiger charge is 2.31. The molecule has 0 radical (unpaired) electrons. The van der Waals surface area contributed by atoms with Gasteiger partial charge in [0.05, 0.1) is 30.0 Å². The molecule has 1 aliphatic rings. The number of aromatic nitrogens is 2. The van der Waals surface area contributed by atoms with E-state index in [1.807, 2.05) is 0 Å². The molecule has 0 aliphatic carbocycles. The van der Waals surface area contributed by atoms with Crippen molar-refractivity contribution in [3.63, 3.8) is 0 Å². The number of hydrogen-bond acceptors (Lipinski definition) is 3. The van der Waals surface area contributed by atoms with Crippen LogP contribution >= 0.6 is 0 Å². The number of carbonyl (C=O) groups is 1. The molecule has 1 aromatic heterocycles. The Labute approximate surface area is 95.6 Å². The predicted molar refractivity (Wildman–Crippen MR) is 60.4 cm³/mol. The fraction of sp³-hybridized carbons (Fsp3) is 0.667. The van der Waals surface area contributed by atoms with Crippen LogP contribution in [0.5, 0.6) is 0 Å². The molecule has 1 fully saturated rings. The van der Waals surface area contributed by atoms with E-state index in [0.717, 1.165) is 19.4 Å². The lowest BCUT2D eigenvalue weighted by Gasteiger charge is -2.19. The van der Waals surface area contributed by atoms with Crippen LogP contribution in [0.3, 0.4) is 0 Å². The molecule has 1 atom stereocenters. The molecule has 0 N–H and O–H groups in total. The first-order valence-corrected chi connectivity index (χ1v) is 5.67. The number of rotatable bonds is 3. The largest absolute Gasteiger partial charge is 0.370 e. The Morgan fingerprint density at radius 3 is 2.94 bits per heavy atom. The van der Waals surface area contributed by atoms with Crippen molar-refractivity contribution in [2.45, 2.75) is 51.9 Å². The standard InChI is InChI=1S/C12H18N2O2/c1-9(15)10-6-13-14(7-10)8-11-4-5-12(2,3)16-11/h6-7,11H,4-5,8H2,1-3H3. The van der Waals surface area contributed by atoms with Crippen LogP contribution < -0.4 is 0 Å². The van der Waals surface area contributed by atoms with Crippen molar-refractivity contribution in [2.75, 3.05) is 0 Å². The van der Waals surface area contributed by atoms with Gasteiger partial charge in [0.1, 0.15) is 0 Å². The summed E-state index contributed by atoms with van der Waals surface area (Å²) in [5.74, 6) is 0.0546. The van der Waals surface area contributed by atoms with Crippen molar-refractivity contribution in [3.8, 4) is 0 Å². The van der Waals surface area contributed by atoms with Crippen LogP contribution in [-0.2, 0) is 11.3 Å². The fourth-order valence-corrected chi connectivity index (χ4v) is 2.06. The molecule has 2 heterocycles. The molecule has 0 aromatic carbocycles. The van der Waals surface area contributed by atoms with Gasteiger partial charge in [-0.25, -0.2) is 0 Å². The van der Waals surface area contributed by atoms with Crippen LogP contribution in [0.25, 0.3) is 0 Å². The SMILES string of the molecule is CC(=O)c1cnn(CC2CCC(C)(C)O2)c1. The monoisotopic (exact) mass is 222 g/mol. The Kier molecular flexibility index (Phi) is 2.84. The zero-order valence-corrected chi connectivity index (χ0v) is 10.1. The van der Waals surface area contributed by atoms with Gasteiger partial charge in [-0.2, -0.15) is 5.10 Å². The molecule has 16 heavy (non-hydrogen) atoms. The lowest BCUT2D eigenvalue weighted by atomic mass is 10.1. The minimum absolute atomic E-state index is 0.0127. The number of hydrogen-bond donors (Lipinski definition) is 0. The van der Waals surface area contributed by atoms with Gasteiger partial charge in [-0.1, -0.05) is 0 Å². The molecule has 0 saturated carbocycles. The van der Waals surface area contributed by atoms with Crippen molar-refractivity contribution in [1.82, 2.24) is 9.78 Å². The summed E-state index contributed by atoms with van der Waals surface area (Å²) in [5, 5.41) is 4.16. The molecule has 2 rings (SSSR count). The molecular weight excluding hydrogens is 204 g/mol. The molecule has 0 spiro atoms. The highest BCUT2D eigenvalue weighted by Crippen LogP contribution is 2.29. The Balaban J connectivity index is 1.97. The number of nitrogens with zero attached hydrogens (tertiary/aromatic N) is 2. The molecular formula is C12H18N2O2. The minimum Gasteiger partial charge on any atom is -0.370 e. The maximum Gasteiger partial charge on any atom is 0.162 e. The van der Waals surface area contributed by atoms with E-state index < -0.39 is 0 Å². The molecule has 4 nitrogen and oxygen atoms in total. The number of ketones is 1. The quantitative estimate of drug-likeness (QED) is 0.735. The van der Waals surface area contributed by atoms with E-state index in [2.05, 4.69) is 18.9 Å². The van der Waals surface area contributed by atoms with Crippen molar-refractivity contribution in [3.05, 3.63) is 18.0 Å². The average molecular weight is 222 g/mol. The van der Waals surface area contributed by atoms with Gasteiger partial charge in [-0.3, -0.25) is 9.48 Å². The van der Waals surface area contributed by atoms with Crippen molar-refractivity contribution >= 4 is 5.78 Å². The fourth-order valence-electron chi connectivity index (χ4n) is 2.06. The highest BCUT2D eigenvalue weighted by molar-refractivity contribution is 5.93. The maximum atomic E-state index is 11.1. The summed E-state index contributed by atoms with van der Waals surface area (Å²) in [4.78, 5) is 11.1. The second-order valence-electron chi connectivity index (χ2n) is 5.05. The summed E-state index contributed by atoms with van der Waals surface area (Å²) in [6.07, 6.45) is 5.76. The summed E-state index contributed by atoms with van der Waals surface area (Å²) in [5.41, 5.74) is 0.651. The first-order chi connectivity index (χ1) is 7.46. The summed E-state index contributed by atoms with van der Waals surface area (Å²) in [6, 6.07) is 0. The topological polar surface area (TPSA) is 44.1 Å². The Hall–Kier alpha value is -1.16. The molecule has 1 aliphatic heterocycles. The van der Waals surface area contributed by atoms with Crippen LogP contribution in [0.1, 0.15) is 44.0 Å². The number of carbonyl (C=O) groups excluding carboxylic acids is 1. The van der Waals surface area contributed by atoms with Crippen LogP contribution in [0.15, 0.2) is 12.4 Å². The van der Waals surface area contributed by atoms with E-state index in [0.29, 0.717) is 5.56 Å². The van der Waals surface area contributed by atoms with Gasteiger partial charge in [-0.05, 0) is 33.6 Å². The molecule has 88 valence electrons. The number of Topliss-reactive ketones (excluding diaryl/α,β-unsaturated/α-hetero) is 1. The first kappa shape index (κ1) is 11.3. The lowest BCUT2D eigenvalue weighted by molar-refractivity contribution is -0.0229. The van der Waals surface area contributed by atoms with Crippen LogP contribution in [-0.4, -0.2) is 27.3 Å². The smallest absolute Gasteiger partial charge is 0.162 e. The van der Waals surface area contributed by atoms with E-state index in [-0.39, 0.29) is 17.5 Å². The van der Waals surface area contributed by atoms with Crippen LogP contribution in [0.2, 0.25) is 0 Å². The molecule has 0 bridgehead atoms. The van der Waals surface area contributed by atoms with Crippen LogP contribution in [0.4, 0.5) is 0 Å². The second kappa shape index (κ2) is 4.01. The van der Waals surface area contributed by atoms with Gasteiger partial charge in [0, 0.05) is 6.20 Å². The van der Waals surface area contributed by atoms with Crippen molar-refractivity contribution < 1.29 is 9.53 Å². The Bertz CT molecular complexity index is 395. The first-order valence-electron chi connectivity index (χ1n) is 5.67. The van der Waals surface area contributed by atoms with Gasteiger partial charge in [0.2, 0.25) is 0 Å². The summed E-state index contributed by atoms with van der Waals surface area (Å²) >= 11 is 0. The molecule has 1 aromatic rings. The van der Waals surface area contributed by atoms with E-state index in [9.17, 15) is 4.79 Å². The third kappa shape index (κ3) is 2.50. The Morgan fingerprint density at radius 2 is 2.44 bits per heavy atom. The van der Waals surface area contributed by atoms with Gasteiger partial charge in [0.25, 0.3) is 0 Å². The predicted octanol–water partition coefficient (Wildman–Crippen LogP) is 2.04. The minimum atomic E-state index is -0.0127. The van der Waals surface area contributed by atoms with E-state index in [1.165, 1.54) is 0 Å². The van der Waals surface area contributed by atoms with E-state index >= 15 is 0 Å². The van der Waals surface area contributed by atoms with Crippen LogP contribution in [0, 0.1) is 0 Å². The third-order valence-corrected chi connectivity index (χ3v) is 2.98. The normalized spacial score (nSPS) is 23.6. The van der Waals surface area contributed by atoms with Gasteiger partial charge < -0.3 is 4.74 Å². The highest BCUT2D eigenvalue weighted by atomic mass is 16.5. The zero-order valence-electron chi connectivity index (χ0n) is 10.1. The van der Waals surface area contributed by atoms with E-state index in [4.69, 9.17) is 4.74 Å². The third-order valence-electron chi connectivity index (χ3n) is 2.98. The van der Waals surface area contributed by atoms with Gasteiger partial charge in [0.15, 0.2) is 5.78 Å². The molecule has 4 heteroatoms. The van der Waals surface area contributed by atoms with Crippen molar-refractivity contribution in [1.29, 1.82) is 0 Å². The molecule has 1 saturated heterocycles. The van der Waals surface area contributed by atoms with E-state index in [1.54, 1.807) is 24.0 Å². The summed E-state index contributed by atoms with van der Waals surface area (Å²) < 4.78 is 7.67. The summed E-state index contributed by atoms with van der Waals surface area (Å²) in [6.45, 7) is 6.50. The average Bonchev–Trinajstić information content (AvgIpc) is 2.73. The van der Waals surface area contributed by atoms with Crippen molar-refractivity contribution in [2.24, 2.45) is 0 Å². The molecule has 0 amide bonds. The molecule has 1 unspecified atom stereocenters. The maximum absolute atomic E-state index is 11.1.